The molecule has 1 aliphatic rings. The van der Waals surface area contributed by atoms with Crippen LogP contribution in [0.2, 0.25) is 0 Å². The molecule has 14 heavy (non-hydrogen) atoms. The average molecular weight is 203 g/mol. The van der Waals surface area contributed by atoms with Gasteiger partial charge in [0, 0.05) is 19.0 Å². The maximum absolute atomic E-state index is 14.1. The van der Waals surface area contributed by atoms with E-state index in [1.165, 1.54) is 0 Å². The normalized spacial score (nSPS) is 33.1. The summed E-state index contributed by atoms with van der Waals surface area (Å²) in [4.78, 5) is 11.6. The summed E-state index contributed by atoms with van der Waals surface area (Å²) in [6, 6.07) is 0. The van der Waals surface area contributed by atoms with Crippen molar-refractivity contribution in [2.75, 3.05) is 13.1 Å². The molecule has 2 atom stereocenters. The van der Waals surface area contributed by atoms with Crippen LogP contribution in [-0.4, -0.2) is 30.3 Å². The van der Waals surface area contributed by atoms with Crippen molar-refractivity contribution in [3.63, 3.8) is 0 Å². The van der Waals surface area contributed by atoms with Crippen LogP contribution >= 0.6 is 0 Å². The Morgan fingerprint density at radius 1 is 1.57 bits per heavy atom. The number of ether oxygens (including phenoxy) is 1. The molecule has 1 fully saturated rings. The number of halogens is 1. The number of hydrogen-bond acceptors (Lipinski definition) is 3. The molecule has 0 aromatic rings. The van der Waals surface area contributed by atoms with E-state index < -0.39 is 17.2 Å². The molecule has 0 aromatic heterocycles. The lowest BCUT2D eigenvalue weighted by Crippen LogP contribution is -2.45. The molecule has 0 radical (unpaired) electrons. The number of alkyl halides is 1. The Morgan fingerprint density at radius 3 is 2.50 bits per heavy atom. The van der Waals surface area contributed by atoms with Crippen LogP contribution in [0.5, 0.6) is 0 Å². The standard InChI is InChI=1S/C10H18FNO2/c1-7-5-12-6-10(7,11)8(13)14-9(2,3)4/h7,12H,5-6H2,1-4H3/t7-,10+/m0/s1. The van der Waals surface area contributed by atoms with Crippen molar-refractivity contribution in [2.24, 2.45) is 5.92 Å². The molecule has 0 amide bonds. The summed E-state index contributed by atoms with van der Waals surface area (Å²) >= 11 is 0. The maximum atomic E-state index is 14.1. The first kappa shape index (κ1) is 11.4. The lowest BCUT2D eigenvalue weighted by molar-refractivity contribution is -0.170. The quantitative estimate of drug-likeness (QED) is 0.652. The van der Waals surface area contributed by atoms with Crippen molar-refractivity contribution in [1.29, 1.82) is 0 Å². The summed E-state index contributed by atoms with van der Waals surface area (Å²) in [7, 11) is 0. The molecule has 1 N–H and O–H groups in total. The molecule has 1 rings (SSSR count). The van der Waals surface area contributed by atoms with Gasteiger partial charge in [-0.1, -0.05) is 6.92 Å². The first-order chi connectivity index (χ1) is 6.26. The van der Waals surface area contributed by atoms with E-state index in [0.29, 0.717) is 6.54 Å². The van der Waals surface area contributed by atoms with Gasteiger partial charge in [0.15, 0.2) is 0 Å². The van der Waals surface area contributed by atoms with Gasteiger partial charge in [-0.15, -0.1) is 0 Å². The maximum Gasteiger partial charge on any atom is 0.346 e. The number of rotatable bonds is 1. The molecule has 1 heterocycles. The number of carbonyl (C=O) groups is 1. The number of carbonyl (C=O) groups excluding carboxylic acids is 1. The summed E-state index contributed by atoms with van der Waals surface area (Å²) < 4.78 is 19.1. The average Bonchev–Trinajstić information content (AvgIpc) is 2.30. The molecule has 0 bridgehead atoms. The van der Waals surface area contributed by atoms with Gasteiger partial charge < -0.3 is 10.1 Å². The van der Waals surface area contributed by atoms with Crippen LogP contribution in [-0.2, 0) is 9.53 Å². The summed E-state index contributed by atoms with van der Waals surface area (Å²) in [5.74, 6) is -1.07. The van der Waals surface area contributed by atoms with Crippen molar-refractivity contribution < 1.29 is 13.9 Å². The Kier molecular flexibility index (Phi) is 2.86. The minimum atomic E-state index is -1.85. The van der Waals surface area contributed by atoms with Crippen molar-refractivity contribution in [3.8, 4) is 0 Å². The third kappa shape index (κ3) is 2.23. The van der Waals surface area contributed by atoms with Gasteiger partial charge in [0.2, 0.25) is 5.67 Å². The Morgan fingerprint density at radius 2 is 2.14 bits per heavy atom. The van der Waals surface area contributed by atoms with Crippen molar-refractivity contribution in [3.05, 3.63) is 0 Å². The summed E-state index contributed by atoms with van der Waals surface area (Å²) in [6.45, 7) is 7.51. The van der Waals surface area contributed by atoms with E-state index in [2.05, 4.69) is 5.32 Å². The van der Waals surface area contributed by atoms with Crippen LogP contribution in [0.15, 0.2) is 0 Å². The fraction of sp³-hybridized carbons (Fsp3) is 0.900. The zero-order valence-electron chi connectivity index (χ0n) is 9.19. The molecule has 4 heteroatoms. The monoisotopic (exact) mass is 203 g/mol. The molecule has 0 saturated carbocycles. The van der Waals surface area contributed by atoms with E-state index in [1.807, 2.05) is 0 Å². The molecular formula is C10H18FNO2. The van der Waals surface area contributed by atoms with Gasteiger partial charge in [-0.05, 0) is 20.8 Å². The van der Waals surface area contributed by atoms with Crippen LogP contribution < -0.4 is 5.32 Å². The third-order valence-electron chi connectivity index (χ3n) is 2.35. The predicted octanol–water partition coefficient (Wildman–Crippen LogP) is 1.28. The van der Waals surface area contributed by atoms with E-state index in [4.69, 9.17) is 4.74 Å². The molecule has 1 aliphatic heterocycles. The lowest BCUT2D eigenvalue weighted by Gasteiger charge is -2.27. The van der Waals surface area contributed by atoms with Crippen LogP contribution in [0.25, 0.3) is 0 Å². The van der Waals surface area contributed by atoms with Gasteiger partial charge in [-0.25, -0.2) is 9.18 Å². The zero-order chi connectivity index (χ0) is 11.0. The molecular weight excluding hydrogens is 185 g/mol. The van der Waals surface area contributed by atoms with Gasteiger partial charge >= 0.3 is 5.97 Å². The van der Waals surface area contributed by atoms with Crippen LogP contribution in [0.4, 0.5) is 4.39 Å². The Labute approximate surface area is 84.0 Å². The number of nitrogens with one attached hydrogen (secondary N) is 1. The van der Waals surface area contributed by atoms with E-state index in [1.54, 1.807) is 27.7 Å². The van der Waals surface area contributed by atoms with Gasteiger partial charge in [-0.3, -0.25) is 0 Å². The van der Waals surface area contributed by atoms with Crippen molar-refractivity contribution >= 4 is 5.97 Å². The summed E-state index contributed by atoms with van der Waals surface area (Å²) in [6.07, 6.45) is 0. The van der Waals surface area contributed by atoms with E-state index >= 15 is 0 Å². The van der Waals surface area contributed by atoms with E-state index in [9.17, 15) is 9.18 Å². The topological polar surface area (TPSA) is 38.3 Å². The van der Waals surface area contributed by atoms with E-state index in [0.717, 1.165) is 0 Å². The molecule has 82 valence electrons. The Balaban J connectivity index is 2.68. The largest absolute Gasteiger partial charge is 0.458 e. The highest BCUT2D eigenvalue weighted by Gasteiger charge is 2.50. The number of esters is 1. The molecule has 0 unspecified atom stereocenters. The van der Waals surface area contributed by atoms with Crippen LogP contribution in [0.1, 0.15) is 27.7 Å². The van der Waals surface area contributed by atoms with E-state index in [-0.39, 0.29) is 12.5 Å². The van der Waals surface area contributed by atoms with Crippen LogP contribution in [0.3, 0.4) is 0 Å². The Hall–Kier alpha value is -0.640. The molecule has 3 nitrogen and oxygen atoms in total. The highest BCUT2D eigenvalue weighted by molar-refractivity contribution is 5.81. The van der Waals surface area contributed by atoms with Gasteiger partial charge in [0.05, 0.1) is 0 Å². The Bertz CT molecular complexity index is 237. The molecule has 0 aliphatic carbocycles. The van der Waals surface area contributed by atoms with Gasteiger partial charge in [0.1, 0.15) is 5.60 Å². The molecule has 1 saturated heterocycles. The first-order valence-corrected chi connectivity index (χ1v) is 4.89. The summed E-state index contributed by atoms with van der Waals surface area (Å²) in [5, 5.41) is 2.85. The SMILES string of the molecule is C[C@H]1CNC[C@]1(F)C(=O)OC(C)(C)C. The first-order valence-electron chi connectivity index (χ1n) is 4.89. The van der Waals surface area contributed by atoms with Gasteiger partial charge in [-0.2, -0.15) is 0 Å². The second kappa shape index (κ2) is 3.50. The molecule has 0 spiro atoms. The summed E-state index contributed by atoms with van der Waals surface area (Å²) in [5.41, 5.74) is -2.48. The zero-order valence-corrected chi connectivity index (χ0v) is 9.19. The minimum Gasteiger partial charge on any atom is -0.458 e. The van der Waals surface area contributed by atoms with Crippen molar-refractivity contribution in [1.82, 2.24) is 5.32 Å². The second-order valence-electron chi connectivity index (χ2n) is 4.90. The fourth-order valence-electron chi connectivity index (χ4n) is 1.44. The van der Waals surface area contributed by atoms with Crippen molar-refractivity contribution in [2.45, 2.75) is 39.0 Å². The van der Waals surface area contributed by atoms with Gasteiger partial charge in [0.25, 0.3) is 0 Å². The molecule has 0 aromatic carbocycles. The second-order valence-corrected chi connectivity index (χ2v) is 4.90. The predicted molar refractivity (Wildman–Crippen MR) is 51.7 cm³/mol. The third-order valence-corrected chi connectivity index (χ3v) is 2.35. The minimum absolute atomic E-state index is 0.0586. The smallest absolute Gasteiger partial charge is 0.346 e. The number of hydrogen-bond donors (Lipinski definition) is 1. The van der Waals surface area contributed by atoms with Crippen LogP contribution in [0, 0.1) is 5.92 Å². The highest BCUT2D eigenvalue weighted by Crippen LogP contribution is 2.29. The lowest BCUT2D eigenvalue weighted by atomic mass is 9.94. The fourth-order valence-corrected chi connectivity index (χ4v) is 1.44. The highest BCUT2D eigenvalue weighted by atomic mass is 19.1.